The van der Waals surface area contributed by atoms with Gasteiger partial charge in [-0.25, -0.2) is 22.8 Å². The van der Waals surface area contributed by atoms with Crippen molar-refractivity contribution >= 4 is 18.0 Å². The van der Waals surface area contributed by atoms with Crippen LogP contribution in [-0.2, 0) is 4.79 Å². The topological polar surface area (TPSA) is 74.6 Å². The van der Waals surface area contributed by atoms with Gasteiger partial charge in [0.05, 0.1) is 5.56 Å². The maximum Gasteiger partial charge on any atom is 0.338 e. The zero-order valence-electron chi connectivity index (χ0n) is 12.7. The second-order valence-electron chi connectivity index (χ2n) is 4.52. The number of carboxylic acid groups (broad SMARTS) is 2. The molecule has 0 aliphatic carbocycles. The van der Waals surface area contributed by atoms with Crippen LogP contribution in [0.4, 0.5) is 13.2 Å². The fourth-order valence-electron chi connectivity index (χ4n) is 1.56. The minimum atomic E-state index is -1.63. The summed E-state index contributed by atoms with van der Waals surface area (Å²) in [5.74, 6) is -6.64. The van der Waals surface area contributed by atoms with E-state index in [0.29, 0.717) is 6.07 Å². The van der Waals surface area contributed by atoms with Crippen LogP contribution in [0.1, 0.15) is 15.9 Å². The number of allylic oxidation sites excluding steroid dienone is 2. The molecule has 0 atom stereocenters. The molecule has 0 aromatic heterocycles. The fourth-order valence-corrected chi connectivity index (χ4v) is 1.56. The largest absolute Gasteiger partial charge is 0.478 e. The van der Waals surface area contributed by atoms with Gasteiger partial charge in [-0.05, 0) is 11.6 Å². The Kier molecular flexibility index (Phi) is 7.65. The van der Waals surface area contributed by atoms with Gasteiger partial charge in [-0.15, -0.1) is 0 Å². The summed E-state index contributed by atoms with van der Waals surface area (Å²) in [4.78, 5) is 20.2. The summed E-state index contributed by atoms with van der Waals surface area (Å²) in [6, 6.07) is 10.2. The standard InChI is InChI=1S/C11H10O2.C7H3F3O2/c12-11(13)9-5-4-8-10-6-2-1-3-7-10;8-4-2-6(10)5(9)1-3(4)7(11)12/h1-9H,(H,12,13);1-2H,(H,11,12). The van der Waals surface area contributed by atoms with E-state index in [2.05, 4.69) is 0 Å². The Hall–Kier alpha value is -3.35. The van der Waals surface area contributed by atoms with Crippen molar-refractivity contribution in [2.75, 3.05) is 0 Å². The molecule has 2 aromatic rings. The van der Waals surface area contributed by atoms with Gasteiger partial charge < -0.3 is 10.2 Å². The molecular weight excluding hydrogens is 337 g/mol. The number of rotatable bonds is 4. The predicted octanol–water partition coefficient (Wildman–Crippen LogP) is 4.14. The lowest BCUT2D eigenvalue weighted by Crippen LogP contribution is -2.02. The molecule has 0 bridgehead atoms. The second-order valence-corrected chi connectivity index (χ2v) is 4.52. The van der Waals surface area contributed by atoms with Gasteiger partial charge in [0.15, 0.2) is 11.6 Å². The van der Waals surface area contributed by atoms with E-state index in [-0.39, 0.29) is 6.07 Å². The van der Waals surface area contributed by atoms with E-state index >= 15 is 0 Å². The van der Waals surface area contributed by atoms with Crippen LogP contribution in [0.3, 0.4) is 0 Å². The third-order valence-corrected chi connectivity index (χ3v) is 2.68. The molecule has 2 rings (SSSR count). The summed E-state index contributed by atoms with van der Waals surface area (Å²) in [7, 11) is 0. The van der Waals surface area contributed by atoms with Gasteiger partial charge >= 0.3 is 11.9 Å². The highest BCUT2D eigenvalue weighted by atomic mass is 19.2. The fraction of sp³-hybridized carbons (Fsp3) is 0. The first-order valence-electron chi connectivity index (χ1n) is 6.82. The zero-order chi connectivity index (χ0) is 18.8. The SMILES string of the molecule is O=C(O)C=CC=Cc1ccccc1.O=C(O)c1cc(F)c(F)cc1F. The Labute approximate surface area is 141 Å². The number of carboxylic acids is 2. The van der Waals surface area contributed by atoms with Crippen molar-refractivity contribution in [1.82, 2.24) is 0 Å². The Morgan fingerprint density at radius 1 is 0.840 bits per heavy atom. The Morgan fingerprint density at radius 3 is 2.00 bits per heavy atom. The molecule has 25 heavy (non-hydrogen) atoms. The molecule has 130 valence electrons. The van der Waals surface area contributed by atoms with E-state index in [1.165, 1.54) is 6.08 Å². The number of aromatic carboxylic acids is 1. The quantitative estimate of drug-likeness (QED) is 0.494. The van der Waals surface area contributed by atoms with Crippen LogP contribution in [0.15, 0.2) is 60.7 Å². The van der Waals surface area contributed by atoms with E-state index in [0.717, 1.165) is 11.6 Å². The highest BCUT2D eigenvalue weighted by molar-refractivity contribution is 5.87. The maximum atomic E-state index is 12.5. The van der Waals surface area contributed by atoms with Crippen LogP contribution in [0.25, 0.3) is 6.08 Å². The van der Waals surface area contributed by atoms with Crippen LogP contribution < -0.4 is 0 Å². The Morgan fingerprint density at radius 2 is 1.44 bits per heavy atom. The van der Waals surface area contributed by atoms with E-state index in [1.807, 2.05) is 36.4 Å². The summed E-state index contributed by atoms with van der Waals surface area (Å²) in [5.41, 5.74) is 0.173. The summed E-state index contributed by atoms with van der Waals surface area (Å²) < 4.78 is 37.0. The normalized spacial score (nSPS) is 10.5. The average Bonchev–Trinajstić information content (AvgIpc) is 2.56. The molecule has 2 aromatic carbocycles. The Balaban J connectivity index is 0.000000251. The minimum Gasteiger partial charge on any atom is -0.478 e. The van der Waals surface area contributed by atoms with Crippen molar-refractivity contribution in [1.29, 1.82) is 0 Å². The number of hydrogen-bond donors (Lipinski definition) is 2. The van der Waals surface area contributed by atoms with Crippen molar-refractivity contribution < 1.29 is 33.0 Å². The monoisotopic (exact) mass is 350 g/mol. The first kappa shape index (κ1) is 19.7. The first-order valence-corrected chi connectivity index (χ1v) is 6.82. The van der Waals surface area contributed by atoms with Crippen molar-refractivity contribution in [3.05, 3.63) is 89.3 Å². The summed E-state index contributed by atoms with van der Waals surface area (Å²) in [5, 5.41) is 16.5. The zero-order valence-corrected chi connectivity index (χ0v) is 12.7. The predicted molar refractivity (Wildman–Crippen MR) is 85.5 cm³/mol. The summed E-state index contributed by atoms with van der Waals surface area (Å²) in [6.07, 6.45) is 6.14. The van der Waals surface area contributed by atoms with Crippen LogP contribution in [0.5, 0.6) is 0 Å². The molecule has 0 aliphatic heterocycles. The lowest BCUT2D eigenvalue weighted by Gasteiger charge is -1.97. The van der Waals surface area contributed by atoms with Crippen LogP contribution in [0, 0.1) is 17.5 Å². The van der Waals surface area contributed by atoms with E-state index < -0.39 is 35.0 Å². The van der Waals surface area contributed by atoms with E-state index in [1.54, 1.807) is 6.08 Å². The van der Waals surface area contributed by atoms with Gasteiger partial charge in [-0.2, -0.15) is 0 Å². The van der Waals surface area contributed by atoms with Crippen molar-refractivity contribution in [2.24, 2.45) is 0 Å². The summed E-state index contributed by atoms with van der Waals surface area (Å²) >= 11 is 0. The van der Waals surface area contributed by atoms with Gasteiger partial charge in [0.1, 0.15) is 5.82 Å². The van der Waals surface area contributed by atoms with Crippen LogP contribution >= 0.6 is 0 Å². The van der Waals surface area contributed by atoms with Gasteiger partial charge in [-0.3, -0.25) is 0 Å². The minimum absolute atomic E-state index is 0.193. The maximum absolute atomic E-state index is 12.5. The molecule has 0 fully saturated rings. The van der Waals surface area contributed by atoms with Gasteiger partial charge in [0.2, 0.25) is 0 Å². The number of hydrogen-bond acceptors (Lipinski definition) is 2. The Bertz CT molecular complexity index is 799. The number of benzene rings is 2. The molecule has 0 radical (unpaired) electrons. The molecule has 7 heteroatoms. The van der Waals surface area contributed by atoms with Crippen molar-refractivity contribution in [3.8, 4) is 0 Å². The molecule has 2 N–H and O–H groups in total. The molecule has 0 saturated heterocycles. The first-order chi connectivity index (χ1) is 11.8. The highest BCUT2D eigenvalue weighted by Gasteiger charge is 2.14. The molecule has 0 unspecified atom stereocenters. The van der Waals surface area contributed by atoms with Crippen molar-refractivity contribution in [2.45, 2.75) is 0 Å². The van der Waals surface area contributed by atoms with Crippen molar-refractivity contribution in [3.63, 3.8) is 0 Å². The van der Waals surface area contributed by atoms with Crippen LogP contribution in [-0.4, -0.2) is 22.2 Å². The number of carbonyl (C=O) groups is 2. The highest BCUT2D eigenvalue weighted by Crippen LogP contribution is 2.13. The number of halogens is 3. The molecular formula is C18H13F3O4. The lowest BCUT2D eigenvalue weighted by atomic mass is 10.2. The third-order valence-electron chi connectivity index (χ3n) is 2.68. The number of aliphatic carboxylic acids is 1. The molecule has 4 nitrogen and oxygen atoms in total. The van der Waals surface area contributed by atoms with E-state index in [4.69, 9.17) is 10.2 Å². The molecule has 0 spiro atoms. The van der Waals surface area contributed by atoms with Gasteiger partial charge in [0, 0.05) is 12.1 Å². The third kappa shape index (κ3) is 7.17. The molecule has 0 amide bonds. The summed E-state index contributed by atoms with van der Waals surface area (Å²) in [6.45, 7) is 0. The average molecular weight is 350 g/mol. The van der Waals surface area contributed by atoms with E-state index in [9.17, 15) is 22.8 Å². The van der Waals surface area contributed by atoms with Gasteiger partial charge in [-0.1, -0.05) is 48.6 Å². The van der Waals surface area contributed by atoms with Crippen LogP contribution in [0.2, 0.25) is 0 Å². The molecule has 0 saturated carbocycles. The smallest absolute Gasteiger partial charge is 0.338 e. The molecule has 0 heterocycles. The lowest BCUT2D eigenvalue weighted by molar-refractivity contribution is -0.131. The molecule has 0 aliphatic rings. The second kappa shape index (κ2) is 9.71. The van der Waals surface area contributed by atoms with Gasteiger partial charge in [0.25, 0.3) is 0 Å².